The summed E-state index contributed by atoms with van der Waals surface area (Å²) in [7, 11) is 1.34. The average molecular weight is 460 g/mol. The minimum absolute atomic E-state index is 0.0311. The normalized spacial score (nSPS) is 16.1. The molecule has 3 aromatic rings. The van der Waals surface area contributed by atoms with Crippen LogP contribution >= 0.6 is 0 Å². The van der Waals surface area contributed by atoms with Crippen LogP contribution in [-0.2, 0) is 11.2 Å². The highest BCUT2D eigenvalue weighted by Gasteiger charge is 2.32. The van der Waals surface area contributed by atoms with E-state index in [4.69, 9.17) is 4.74 Å². The Kier molecular flexibility index (Phi) is 7.32. The van der Waals surface area contributed by atoms with Gasteiger partial charge in [0.05, 0.1) is 13.2 Å². The molecule has 0 aliphatic carbocycles. The molecule has 4 rings (SSSR count). The third kappa shape index (κ3) is 5.31. The maximum atomic E-state index is 13.8. The number of hydrogen-bond donors (Lipinski definition) is 1. The van der Waals surface area contributed by atoms with Crippen LogP contribution in [0, 0.1) is 5.82 Å². The van der Waals surface area contributed by atoms with Gasteiger partial charge >= 0.3 is 0 Å². The van der Waals surface area contributed by atoms with E-state index in [1.165, 1.54) is 25.3 Å². The van der Waals surface area contributed by atoms with E-state index in [0.29, 0.717) is 19.4 Å². The highest BCUT2D eigenvalue weighted by molar-refractivity contribution is 5.98. The van der Waals surface area contributed by atoms with Crippen LogP contribution in [0.5, 0.6) is 5.75 Å². The predicted octanol–water partition coefficient (Wildman–Crippen LogP) is 4.10. The maximum Gasteiger partial charge on any atom is 0.252 e. The summed E-state index contributed by atoms with van der Waals surface area (Å²) in [6.45, 7) is 0.434. The highest BCUT2D eigenvalue weighted by Crippen LogP contribution is 2.28. The van der Waals surface area contributed by atoms with Crippen molar-refractivity contribution < 1.29 is 18.7 Å². The first kappa shape index (κ1) is 23.2. The minimum Gasteiger partial charge on any atom is -0.494 e. The van der Waals surface area contributed by atoms with Gasteiger partial charge < -0.3 is 15.0 Å². The van der Waals surface area contributed by atoms with Crippen LogP contribution in [0.4, 0.5) is 4.39 Å². The molecule has 1 unspecified atom stereocenters. The molecule has 2 amide bonds. The molecule has 0 radical (unpaired) electrons. The summed E-state index contributed by atoms with van der Waals surface area (Å²) in [5, 5.41) is 2.87. The summed E-state index contributed by atoms with van der Waals surface area (Å²) in [6, 6.07) is 16.2. The second-order valence-corrected chi connectivity index (χ2v) is 8.06. The molecule has 6 nitrogen and oxygen atoms in total. The summed E-state index contributed by atoms with van der Waals surface area (Å²) in [5.41, 5.74) is 2.07. The maximum absolute atomic E-state index is 13.8. The first-order valence-corrected chi connectivity index (χ1v) is 11.1. The van der Waals surface area contributed by atoms with Gasteiger partial charge in [-0.3, -0.25) is 14.6 Å². The molecular weight excluding hydrogens is 433 g/mol. The molecule has 2 heterocycles. The average Bonchev–Trinajstić information content (AvgIpc) is 2.89. The number of rotatable bonds is 7. The van der Waals surface area contributed by atoms with Gasteiger partial charge in [-0.25, -0.2) is 4.39 Å². The number of amides is 2. The number of nitrogens with one attached hydrogen (secondary N) is 1. The van der Waals surface area contributed by atoms with Crippen molar-refractivity contribution in [2.75, 3.05) is 13.7 Å². The lowest BCUT2D eigenvalue weighted by atomic mass is 9.97. The Morgan fingerprint density at radius 2 is 1.97 bits per heavy atom. The number of carbonyl (C=O) groups is 2. The zero-order chi connectivity index (χ0) is 23.9. The van der Waals surface area contributed by atoms with Gasteiger partial charge in [-0.05, 0) is 41.8 Å². The number of aromatic nitrogens is 1. The molecule has 0 bridgehead atoms. The summed E-state index contributed by atoms with van der Waals surface area (Å²) >= 11 is 0. The molecule has 1 aromatic heterocycles. The summed E-state index contributed by atoms with van der Waals surface area (Å²) in [5.74, 6) is -1.26. The van der Waals surface area contributed by atoms with Crippen molar-refractivity contribution in [1.29, 1.82) is 0 Å². The van der Waals surface area contributed by atoms with Crippen molar-refractivity contribution >= 4 is 11.8 Å². The molecule has 0 spiro atoms. The Morgan fingerprint density at radius 1 is 1.15 bits per heavy atom. The van der Waals surface area contributed by atoms with E-state index >= 15 is 0 Å². The Balaban J connectivity index is 1.62. The lowest BCUT2D eigenvalue weighted by Crippen LogP contribution is -2.51. The molecule has 0 saturated carbocycles. The second-order valence-electron chi connectivity index (χ2n) is 8.06. The third-order valence-electron chi connectivity index (χ3n) is 5.86. The van der Waals surface area contributed by atoms with Crippen LogP contribution in [0.15, 0.2) is 85.2 Å². The molecule has 1 N–H and O–H groups in total. The standard InChI is InChI=1S/C27H26FN3O3/c1-34-25-17-20(12-13-22(25)28)26(32)30-23(16-19-8-3-2-4-9-19)27(33)31-15-6-5-11-24(31)21-10-7-14-29-18-21/h2-10,12-14,17-18,23-24H,11,15-16H2,1H3,(H,30,32)/t23-,24?/m1/s1. The highest BCUT2D eigenvalue weighted by atomic mass is 19.1. The third-order valence-corrected chi connectivity index (χ3v) is 5.86. The van der Waals surface area contributed by atoms with Crippen LogP contribution in [0.2, 0.25) is 0 Å². The first-order chi connectivity index (χ1) is 16.6. The lowest BCUT2D eigenvalue weighted by molar-refractivity contribution is -0.135. The van der Waals surface area contributed by atoms with Gasteiger partial charge in [0, 0.05) is 30.9 Å². The Morgan fingerprint density at radius 3 is 2.71 bits per heavy atom. The van der Waals surface area contributed by atoms with E-state index in [2.05, 4.69) is 16.4 Å². The number of ether oxygens (including phenoxy) is 1. The molecule has 2 aromatic carbocycles. The summed E-state index contributed by atoms with van der Waals surface area (Å²) in [6.07, 6.45) is 8.46. The molecule has 1 aliphatic heterocycles. The van der Waals surface area contributed by atoms with E-state index < -0.39 is 17.8 Å². The lowest BCUT2D eigenvalue weighted by Gasteiger charge is -2.36. The van der Waals surface area contributed by atoms with Gasteiger partial charge in [-0.2, -0.15) is 0 Å². The molecule has 0 fully saturated rings. The SMILES string of the molecule is COc1cc(C(=O)N[C@H](Cc2ccccc2)C(=O)N2CC=CCC2c2cccnc2)ccc1F. The largest absolute Gasteiger partial charge is 0.494 e. The van der Waals surface area contributed by atoms with Gasteiger partial charge in [0.15, 0.2) is 11.6 Å². The molecule has 7 heteroatoms. The van der Waals surface area contributed by atoms with Gasteiger partial charge in [0.1, 0.15) is 6.04 Å². The van der Waals surface area contributed by atoms with Crippen molar-refractivity contribution in [3.05, 3.63) is 108 Å². The van der Waals surface area contributed by atoms with Gasteiger partial charge in [0.2, 0.25) is 5.91 Å². The van der Waals surface area contributed by atoms with Crippen LogP contribution in [-0.4, -0.2) is 41.4 Å². The fourth-order valence-electron chi connectivity index (χ4n) is 4.09. The number of carbonyl (C=O) groups excluding carboxylic acids is 2. The number of methoxy groups -OCH3 is 1. The van der Waals surface area contributed by atoms with E-state index in [0.717, 1.165) is 11.1 Å². The number of hydrogen-bond acceptors (Lipinski definition) is 4. The molecule has 174 valence electrons. The van der Waals surface area contributed by atoms with Crippen LogP contribution in [0.25, 0.3) is 0 Å². The van der Waals surface area contributed by atoms with E-state index in [-0.39, 0.29) is 23.3 Å². The van der Waals surface area contributed by atoms with Crippen molar-refractivity contribution in [2.45, 2.75) is 24.9 Å². The van der Waals surface area contributed by atoms with Crippen molar-refractivity contribution in [1.82, 2.24) is 15.2 Å². The van der Waals surface area contributed by atoms with Gasteiger partial charge in [-0.1, -0.05) is 48.6 Å². The van der Waals surface area contributed by atoms with Crippen LogP contribution in [0.3, 0.4) is 0 Å². The quantitative estimate of drug-likeness (QED) is 0.540. The Labute approximate surface area is 198 Å². The molecule has 34 heavy (non-hydrogen) atoms. The number of benzene rings is 2. The number of halogens is 1. The number of pyridine rings is 1. The topological polar surface area (TPSA) is 71.5 Å². The number of nitrogens with zero attached hydrogens (tertiary/aromatic N) is 2. The van der Waals surface area contributed by atoms with E-state index in [9.17, 15) is 14.0 Å². The zero-order valence-electron chi connectivity index (χ0n) is 18.9. The predicted molar refractivity (Wildman–Crippen MR) is 127 cm³/mol. The second kappa shape index (κ2) is 10.7. The summed E-state index contributed by atoms with van der Waals surface area (Å²) in [4.78, 5) is 32.9. The van der Waals surface area contributed by atoms with E-state index in [1.54, 1.807) is 17.3 Å². The Bertz CT molecular complexity index is 1170. The van der Waals surface area contributed by atoms with Crippen molar-refractivity contribution in [3.8, 4) is 5.75 Å². The monoisotopic (exact) mass is 459 g/mol. The van der Waals surface area contributed by atoms with E-state index in [1.807, 2.05) is 48.5 Å². The van der Waals surface area contributed by atoms with Gasteiger partial charge in [0.25, 0.3) is 5.91 Å². The van der Waals surface area contributed by atoms with Gasteiger partial charge in [-0.15, -0.1) is 0 Å². The molecular formula is C27H26FN3O3. The van der Waals surface area contributed by atoms with Crippen LogP contribution < -0.4 is 10.1 Å². The molecule has 1 aliphatic rings. The van der Waals surface area contributed by atoms with Crippen LogP contribution in [0.1, 0.15) is 33.9 Å². The van der Waals surface area contributed by atoms with Crippen molar-refractivity contribution in [2.24, 2.45) is 0 Å². The smallest absolute Gasteiger partial charge is 0.252 e. The molecule has 0 saturated heterocycles. The fraction of sp³-hybridized carbons (Fsp3) is 0.222. The van der Waals surface area contributed by atoms with Crippen molar-refractivity contribution in [3.63, 3.8) is 0 Å². The summed E-state index contributed by atoms with van der Waals surface area (Å²) < 4.78 is 18.8. The molecule has 2 atom stereocenters. The zero-order valence-corrected chi connectivity index (χ0v) is 18.9. The first-order valence-electron chi connectivity index (χ1n) is 11.1. The fourth-order valence-corrected chi connectivity index (χ4v) is 4.09. The Hall–Kier alpha value is -4.00. The minimum atomic E-state index is -0.809.